The second-order valence-electron chi connectivity index (χ2n) is 4.66. The Morgan fingerprint density at radius 3 is 2.87 bits per heavy atom. The molecular formula is C13H20N2. The van der Waals surface area contributed by atoms with E-state index in [2.05, 4.69) is 36.3 Å². The Balaban J connectivity index is 1.95. The van der Waals surface area contributed by atoms with Crippen molar-refractivity contribution in [2.24, 2.45) is 5.92 Å². The second kappa shape index (κ2) is 4.75. The molecule has 2 rings (SSSR count). The average molecular weight is 204 g/mol. The van der Waals surface area contributed by atoms with Gasteiger partial charge in [-0.3, -0.25) is 4.98 Å². The normalized spacial score (nSPS) is 27.9. The van der Waals surface area contributed by atoms with Crippen molar-refractivity contribution in [2.45, 2.75) is 45.2 Å². The molecule has 3 atom stereocenters. The first kappa shape index (κ1) is 10.6. The lowest BCUT2D eigenvalue weighted by Crippen LogP contribution is -2.33. The molecule has 1 aromatic rings. The van der Waals surface area contributed by atoms with Gasteiger partial charge in [0.1, 0.15) is 0 Å². The number of hydrogen-bond acceptors (Lipinski definition) is 2. The van der Waals surface area contributed by atoms with E-state index in [1.807, 2.05) is 12.3 Å². The maximum Gasteiger partial charge on any atom is 0.0570 e. The van der Waals surface area contributed by atoms with Crippen LogP contribution in [0.3, 0.4) is 0 Å². The third kappa shape index (κ3) is 2.57. The monoisotopic (exact) mass is 204 g/mol. The van der Waals surface area contributed by atoms with Crippen LogP contribution in [0.2, 0.25) is 0 Å². The number of hydrogen-bond donors (Lipinski definition) is 1. The van der Waals surface area contributed by atoms with Gasteiger partial charge >= 0.3 is 0 Å². The van der Waals surface area contributed by atoms with Crippen molar-refractivity contribution in [3.8, 4) is 0 Å². The molecule has 0 aromatic carbocycles. The predicted octanol–water partition coefficient (Wildman–Crippen LogP) is 2.92. The molecule has 15 heavy (non-hydrogen) atoms. The Morgan fingerprint density at radius 1 is 1.40 bits per heavy atom. The fourth-order valence-corrected chi connectivity index (χ4v) is 2.43. The maximum atomic E-state index is 4.38. The standard InChI is InChI=1S/C13H20N2/c1-10-6-5-8-12(10)15-11(2)13-7-3-4-9-14-13/h3-4,7,9-12,15H,5-6,8H2,1-2H3/t10?,11-,12?/m1/s1. The zero-order valence-electron chi connectivity index (χ0n) is 9.61. The summed E-state index contributed by atoms with van der Waals surface area (Å²) in [4.78, 5) is 4.38. The first-order valence-electron chi connectivity index (χ1n) is 5.94. The molecule has 1 saturated carbocycles. The van der Waals surface area contributed by atoms with E-state index in [-0.39, 0.29) is 0 Å². The molecule has 1 N–H and O–H groups in total. The van der Waals surface area contributed by atoms with Crippen molar-refractivity contribution in [3.05, 3.63) is 30.1 Å². The van der Waals surface area contributed by atoms with Gasteiger partial charge in [-0.1, -0.05) is 19.4 Å². The van der Waals surface area contributed by atoms with Gasteiger partial charge in [0.15, 0.2) is 0 Å². The van der Waals surface area contributed by atoms with E-state index >= 15 is 0 Å². The summed E-state index contributed by atoms with van der Waals surface area (Å²) >= 11 is 0. The molecule has 0 amide bonds. The van der Waals surface area contributed by atoms with Crippen LogP contribution in [0.4, 0.5) is 0 Å². The third-order valence-electron chi connectivity index (χ3n) is 3.46. The highest BCUT2D eigenvalue weighted by molar-refractivity contribution is 5.08. The number of pyridine rings is 1. The third-order valence-corrected chi connectivity index (χ3v) is 3.46. The van der Waals surface area contributed by atoms with Crippen molar-refractivity contribution in [1.82, 2.24) is 10.3 Å². The Kier molecular flexibility index (Phi) is 3.37. The van der Waals surface area contributed by atoms with Gasteiger partial charge in [-0.2, -0.15) is 0 Å². The zero-order valence-corrected chi connectivity index (χ0v) is 9.61. The van der Waals surface area contributed by atoms with Crippen LogP contribution in [-0.4, -0.2) is 11.0 Å². The minimum atomic E-state index is 0.372. The van der Waals surface area contributed by atoms with Crippen molar-refractivity contribution in [1.29, 1.82) is 0 Å². The van der Waals surface area contributed by atoms with Crippen LogP contribution in [0.5, 0.6) is 0 Å². The Hall–Kier alpha value is -0.890. The zero-order chi connectivity index (χ0) is 10.7. The topological polar surface area (TPSA) is 24.9 Å². The fraction of sp³-hybridized carbons (Fsp3) is 0.615. The van der Waals surface area contributed by atoms with Gasteiger partial charge in [-0.25, -0.2) is 0 Å². The highest BCUT2D eigenvalue weighted by Gasteiger charge is 2.24. The SMILES string of the molecule is CC1CCCC1N[C@H](C)c1ccccn1. The predicted molar refractivity (Wildman–Crippen MR) is 62.6 cm³/mol. The molecule has 1 aromatic heterocycles. The van der Waals surface area contributed by atoms with E-state index in [4.69, 9.17) is 0 Å². The van der Waals surface area contributed by atoms with Crippen LogP contribution in [0.25, 0.3) is 0 Å². The van der Waals surface area contributed by atoms with Crippen LogP contribution >= 0.6 is 0 Å². The first-order valence-corrected chi connectivity index (χ1v) is 5.94. The van der Waals surface area contributed by atoms with Crippen molar-refractivity contribution < 1.29 is 0 Å². The quantitative estimate of drug-likeness (QED) is 0.819. The van der Waals surface area contributed by atoms with Crippen LogP contribution in [-0.2, 0) is 0 Å². The number of rotatable bonds is 3. The van der Waals surface area contributed by atoms with E-state index < -0.39 is 0 Å². The molecule has 82 valence electrons. The van der Waals surface area contributed by atoms with Crippen LogP contribution in [0.1, 0.15) is 44.8 Å². The molecule has 0 radical (unpaired) electrons. The summed E-state index contributed by atoms with van der Waals surface area (Å²) in [6.45, 7) is 4.54. The lowest BCUT2D eigenvalue weighted by atomic mass is 10.0. The maximum absolute atomic E-state index is 4.38. The summed E-state index contributed by atoms with van der Waals surface area (Å²) in [6, 6.07) is 7.17. The van der Waals surface area contributed by atoms with Gasteiger partial charge in [0.2, 0.25) is 0 Å². The van der Waals surface area contributed by atoms with E-state index in [1.54, 1.807) is 0 Å². The Morgan fingerprint density at radius 2 is 2.27 bits per heavy atom. The molecule has 0 bridgehead atoms. The molecule has 0 saturated heterocycles. The van der Waals surface area contributed by atoms with Crippen LogP contribution in [0, 0.1) is 5.92 Å². The molecule has 2 unspecified atom stereocenters. The van der Waals surface area contributed by atoms with Crippen molar-refractivity contribution >= 4 is 0 Å². The molecular weight excluding hydrogens is 184 g/mol. The smallest absolute Gasteiger partial charge is 0.0570 e. The molecule has 2 nitrogen and oxygen atoms in total. The van der Waals surface area contributed by atoms with Crippen molar-refractivity contribution in [2.75, 3.05) is 0 Å². The minimum Gasteiger partial charge on any atom is -0.306 e. The minimum absolute atomic E-state index is 0.372. The number of nitrogens with zero attached hydrogens (tertiary/aromatic N) is 1. The van der Waals surface area contributed by atoms with Gasteiger partial charge < -0.3 is 5.32 Å². The van der Waals surface area contributed by atoms with Gasteiger partial charge in [-0.05, 0) is 37.8 Å². The molecule has 2 heteroatoms. The molecule has 1 aliphatic rings. The van der Waals surface area contributed by atoms with Gasteiger partial charge in [0, 0.05) is 18.3 Å². The van der Waals surface area contributed by atoms with Crippen LogP contribution in [0.15, 0.2) is 24.4 Å². The van der Waals surface area contributed by atoms with Gasteiger partial charge in [0.05, 0.1) is 5.69 Å². The highest BCUT2D eigenvalue weighted by Crippen LogP contribution is 2.26. The molecule has 0 spiro atoms. The average Bonchev–Trinajstić information content (AvgIpc) is 2.66. The molecule has 1 fully saturated rings. The van der Waals surface area contributed by atoms with Crippen LogP contribution < -0.4 is 5.32 Å². The highest BCUT2D eigenvalue weighted by atomic mass is 15.0. The number of nitrogens with one attached hydrogen (secondary N) is 1. The van der Waals surface area contributed by atoms with E-state index in [0.29, 0.717) is 12.1 Å². The first-order chi connectivity index (χ1) is 7.27. The summed E-state index contributed by atoms with van der Waals surface area (Å²) in [5, 5.41) is 3.68. The summed E-state index contributed by atoms with van der Waals surface area (Å²) in [6.07, 6.45) is 5.92. The fourth-order valence-electron chi connectivity index (χ4n) is 2.43. The lowest BCUT2D eigenvalue weighted by molar-refractivity contribution is 0.385. The van der Waals surface area contributed by atoms with Gasteiger partial charge in [-0.15, -0.1) is 0 Å². The largest absolute Gasteiger partial charge is 0.306 e. The van der Waals surface area contributed by atoms with E-state index in [1.165, 1.54) is 19.3 Å². The second-order valence-corrected chi connectivity index (χ2v) is 4.66. The number of aromatic nitrogens is 1. The summed E-state index contributed by atoms with van der Waals surface area (Å²) in [5.74, 6) is 0.816. The van der Waals surface area contributed by atoms with E-state index in [0.717, 1.165) is 11.6 Å². The van der Waals surface area contributed by atoms with Gasteiger partial charge in [0.25, 0.3) is 0 Å². The Labute approximate surface area is 92.1 Å². The summed E-state index contributed by atoms with van der Waals surface area (Å²) in [7, 11) is 0. The Bertz CT molecular complexity index is 297. The molecule has 1 heterocycles. The molecule has 1 aliphatic carbocycles. The summed E-state index contributed by atoms with van der Waals surface area (Å²) in [5.41, 5.74) is 1.15. The summed E-state index contributed by atoms with van der Waals surface area (Å²) < 4.78 is 0. The lowest BCUT2D eigenvalue weighted by Gasteiger charge is -2.22. The molecule has 0 aliphatic heterocycles. The van der Waals surface area contributed by atoms with E-state index in [9.17, 15) is 0 Å². The van der Waals surface area contributed by atoms with Crippen molar-refractivity contribution in [3.63, 3.8) is 0 Å².